The Hall–Kier alpha value is -6.23. The van der Waals surface area contributed by atoms with Crippen LogP contribution in [-0.2, 0) is 88.7 Å². The maximum Gasteiger partial charge on any atom is 3.00 e. The smallest absolute Gasteiger partial charge is 0.509 e. The summed E-state index contributed by atoms with van der Waals surface area (Å²) in [4.78, 5) is 28.0. The Labute approximate surface area is 584 Å². The molecule has 12 nitrogen and oxygen atoms in total. The van der Waals surface area contributed by atoms with Crippen LogP contribution in [0.4, 0.5) is 0 Å². The summed E-state index contributed by atoms with van der Waals surface area (Å²) < 4.78 is 34.6. The van der Waals surface area contributed by atoms with Gasteiger partial charge in [-0.05, 0) is 83.1 Å². The van der Waals surface area contributed by atoms with Crippen LogP contribution in [0.2, 0.25) is 0 Å². The van der Waals surface area contributed by atoms with Gasteiger partial charge in [0, 0.05) is 40.2 Å². The molecule has 0 amide bonds. The van der Waals surface area contributed by atoms with Crippen LogP contribution < -0.4 is 0 Å². The molecule has 0 saturated carbocycles. The Bertz CT molecular complexity index is 2670. The molecule has 0 fully saturated rings. The maximum atomic E-state index is 5.77. The first-order valence-electron chi connectivity index (χ1n) is 28.5. The third-order valence-electron chi connectivity index (χ3n) is 11.7. The number of nitrogens with zero attached hydrogens (tertiary/aromatic N) is 6. The largest absolute Gasteiger partial charge is 3.00 e. The van der Waals surface area contributed by atoms with Gasteiger partial charge in [0.2, 0.25) is 0 Å². The third kappa shape index (κ3) is 30.3. The maximum absolute atomic E-state index is 5.77. The van der Waals surface area contributed by atoms with Gasteiger partial charge in [0.05, 0.1) is 33.2 Å². The van der Waals surface area contributed by atoms with Crippen molar-refractivity contribution in [3.63, 3.8) is 0 Å². The van der Waals surface area contributed by atoms with Gasteiger partial charge < -0.3 is 42.3 Å². The Morgan fingerprint density at radius 1 is 0.333 bits per heavy atom. The van der Waals surface area contributed by atoms with Crippen molar-refractivity contribution in [2.45, 2.75) is 171 Å². The number of hydrogen-bond donors (Lipinski definition) is 0. The van der Waals surface area contributed by atoms with Crippen molar-refractivity contribution in [2.24, 2.45) is 30.0 Å². The second-order valence-electron chi connectivity index (χ2n) is 24.2. The predicted octanol–water partition coefficient (Wildman–Crippen LogP) is 16.7. The molecule has 3 aromatic rings. The van der Waals surface area contributed by atoms with E-state index in [9.17, 15) is 0 Å². The van der Waals surface area contributed by atoms with E-state index in [1.807, 2.05) is 0 Å². The molecule has 0 bridgehead atoms. The number of unbranched alkanes of at least 4 members (excludes halogenated alkanes) is 1. The molecule has 0 aliphatic carbocycles. The van der Waals surface area contributed by atoms with Gasteiger partial charge in [-0.2, -0.15) is 0 Å². The molecule has 3 aromatic carbocycles. The van der Waals surface area contributed by atoms with Crippen molar-refractivity contribution in [1.82, 2.24) is 0 Å². The quantitative estimate of drug-likeness (QED) is 0.132. The van der Waals surface area contributed by atoms with E-state index in [-0.39, 0.29) is 93.5 Å². The first-order valence-corrected chi connectivity index (χ1v) is 28.5. The first kappa shape index (κ1) is 90.2. The summed E-state index contributed by atoms with van der Waals surface area (Å²) >= 11 is 0. The topological polar surface area (TPSA) is 130 Å². The molecule has 6 aliphatic heterocycles. The van der Waals surface area contributed by atoms with Crippen LogP contribution in [0, 0.1) is 73.6 Å². The fourth-order valence-corrected chi connectivity index (χ4v) is 7.98. The minimum Gasteiger partial charge on any atom is -0.509 e. The summed E-state index contributed by atoms with van der Waals surface area (Å²) in [6.07, 6.45) is 1.92. The van der Waals surface area contributed by atoms with E-state index in [1.54, 1.807) is 0 Å². The molecule has 496 valence electrons. The van der Waals surface area contributed by atoms with Crippen LogP contribution in [-0.4, -0.2) is 108 Å². The van der Waals surface area contributed by atoms with Crippen LogP contribution in [0.3, 0.4) is 0 Å². The molecule has 0 saturated heterocycles. The second-order valence-corrected chi connectivity index (χ2v) is 24.2. The molecular weight excluding hydrogens is 1660 g/mol. The molecule has 0 unspecified atom stereocenters. The van der Waals surface area contributed by atoms with Gasteiger partial charge >= 0.3 is 20.1 Å². The molecule has 2 radical (unpaired) electrons. The average Bonchev–Trinajstić information content (AvgIpc) is 1.64. The van der Waals surface area contributed by atoms with E-state index in [4.69, 9.17) is 28.4 Å². The van der Waals surface area contributed by atoms with Crippen molar-refractivity contribution >= 4 is 35.4 Å². The number of ether oxygens (including phenoxy) is 6. The Morgan fingerprint density at radius 2 is 0.444 bits per heavy atom. The summed E-state index contributed by atoms with van der Waals surface area (Å²) in [6, 6.07) is 16.6. The van der Waals surface area contributed by atoms with Gasteiger partial charge in [0.15, 0.2) is 0 Å². The monoisotopic (exact) mass is 1760 g/mol. The number of aliphatic imine (C=N–C) groups is 6. The Kier molecular flexibility index (Phi) is 42.1. The van der Waals surface area contributed by atoms with Crippen molar-refractivity contribution < 1.29 is 88.7 Å². The van der Waals surface area contributed by atoms with E-state index in [0.29, 0.717) is 75.0 Å². The summed E-state index contributed by atoms with van der Waals surface area (Å²) in [6.45, 7) is 85.1. The summed E-state index contributed by atoms with van der Waals surface area (Å²) in [5.41, 5.74) is 22.3. The zero-order chi connectivity index (χ0) is 67.3. The SMILES string of the molecule is C=C.C=C=C.C=C=C.C=C=C.C=C=C.C=C=C.Cc1cc(C)c(C2=NC(C)(C)CO2)[c-]c1C1=NC(C)(C)CO1.Cc1cc(C)c(C2=NC(C)(C)CO2)[c-]c1C1=NC(C)(C)CO1.Cc1cc(C)c(C2=NC(C)(C)CO2)[c-]c1C1=NC(C)(C)CO1.[CH2-]CC[CH2-].[Ir+3].[Ir].[Ir]. The number of aryl methyl sites for hydroxylation is 6. The van der Waals surface area contributed by atoms with E-state index >= 15 is 0 Å². The van der Waals surface area contributed by atoms with Crippen molar-refractivity contribution in [3.8, 4) is 0 Å². The van der Waals surface area contributed by atoms with Gasteiger partial charge in [0.25, 0.3) is 0 Å². The molecular formula is C75H101Ir3N6O6-2. The molecule has 0 aromatic heterocycles. The Balaban J connectivity index is -0.000000525. The molecule has 0 spiro atoms. The molecule has 6 aliphatic rings. The van der Waals surface area contributed by atoms with Gasteiger partial charge in [-0.1, -0.05) is 141 Å². The summed E-state index contributed by atoms with van der Waals surface area (Å²) in [7, 11) is 0. The third-order valence-corrected chi connectivity index (χ3v) is 11.7. The van der Waals surface area contributed by atoms with Gasteiger partial charge in [-0.3, -0.25) is 30.0 Å². The number of rotatable bonds is 7. The molecule has 0 N–H and O–H groups in total. The Morgan fingerprint density at radius 3 is 0.522 bits per heavy atom. The van der Waals surface area contributed by atoms with Crippen LogP contribution in [0.25, 0.3) is 0 Å². The minimum atomic E-state index is -0.177. The van der Waals surface area contributed by atoms with Gasteiger partial charge in [-0.15, -0.1) is 112 Å². The number of hydrogen-bond acceptors (Lipinski definition) is 12. The predicted molar refractivity (Wildman–Crippen MR) is 369 cm³/mol. The molecule has 9 rings (SSSR count). The molecule has 15 heteroatoms. The van der Waals surface area contributed by atoms with Crippen LogP contribution in [0.15, 0.2) is 156 Å². The first-order chi connectivity index (χ1) is 40.5. The van der Waals surface area contributed by atoms with Crippen LogP contribution in [0.5, 0.6) is 0 Å². The molecule has 6 heterocycles. The molecule has 0 atom stereocenters. The van der Waals surface area contributed by atoms with Crippen molar-refractivity contribution in [2.75, 3.05) is 39.6 Å². The van der Waals surface area contributed by atoms with E-state index in [2.05, 4.69) is 312 Å². The minimum absolute atomic E-state index is 0. The van der Waals surface area contributed by atoms with Gasteiger partial charge in [-0.25, -0.2) is 12.8 Å². The van der Waals surface area contributed by atoms with Crippen LogP contribution in [0.1, 0.15) is 163 Å². The fraction of sp³-hybridized carbons (Fsp3) is 0.427. The fourth-order valence-electron chi connectivity index (χ4n) is 7.98. The zero-order valence-electron chi connectivity index (χ0n) is 57.4. The van der Waals surface area contributed by atoms with Gasteiger partial charge in [0.1, 0.15) is 75.0 Å². The van der Waals surface area contributed by atoms with E-state index < -0.39 is 0 Å². The van der Waals surface area contributed by atoms with Crippen LogP contribution >= 0.6 is 0 Å². The average molecular weight is 1760 g/mol. The zero-order valence-corrected chi connectivity index (χ0v) is 64.6. The standard InChI is InChI=1S/3C18H23N2O2.C4H8.5C3H4.C2H4.3Ir/c3*1-11-7-12(2)14(16-20-18(5,6)10-22-16)8-13(11)15-19-17(3,4)9-21-15;1-3-4-2;5*1-3-2;1-2;;;/h3*7H,9-10H2,1-6H3;1-4H2;5*1-2H2;1-2H2;;;/q3*-1;-2;;;;;;;;;+3. The molecule has 90 heavy (non-hydrogen) atoms. The van der Waals surface area contributed by atoms with E-state index in [1.165, 1.54) is 0 Å². The second kappa shape index (κ2) is 42.0. The summed E-state index contributed by atoms with van der Waals surface area (Å²) in [5.74, 6) is 4.01. The normalized spacial score (nSPS) is 16.9. The van der Waals surface area contributed by atoms with E-state index in [0.717, 1.165) is 79.6 Å². The summed E-state index contributed by atoms with van der Waals surface area (Å²) in [5, 5.41) is 0. The van der Waals surface area contributed by atoms with Crippen molar-refractivity contribution in [1.29, 1.82) is 0 Å². The number of benzene rings is 3. The van der Waals surface area contributed by atoms with Crippen molar-refractivity contribution in [3.05, 3.63) is 225 Å².